The highest BCUT2D eigenvalue weighted by molar-refractivity contribution is 7.10. The first kappa shape index (κ1) is 16.1. The molecule has 0 N–H and O–H groups in total. The fourth-order valence-corrected chi connectivity index (χ4v) is 4.00. The summed E-state index contributed by atoms with van der Waals surface area (Å²) in [4.78, 5) is 20.2. The van der Waals surface area contributed by atoms with E-state index in [4.69, 9.17) is 4.42 Å². The van der Waals surface area contributed by atoms with Crippen LogP contribution in [0, 0.1) is 6.92 Å². The van der Waals surface area contributed by atoms with Gasteiger partial charge in [-0.25, -0.2) is 4.98 Å². The molecule has 0 unspecified atom stereocenters. The zero-order valence-electron chi connectivity index (χ0n) is 14.2. The lowest BCUT2D eigenvalue weighted by Gasteiger charge is -2.26. The number of fused-ring (bicyclic) bond motifs is 1. The molecule has 0 spiro atoms. The van der Waals surface area contributed by atoms with Crippen molar-refractivity contribution in [1.29, 1.82) is 0 Å². The van der Waals surface area contributed by atoms with Crippen LogP contribution in [0.2, 0.25) is 0 Å². The maximum Gasteiger partial charge on any atom is 0.223 e. The molecule has 1 aliphatic heterocycles. The van der Waals surface area contributed by atoms with Gasteiger partial charge in [-0.2, -0.15) is 0 Å². The van der Waals surface area contributed by atoms with E-state index in [2.05, 4.69) is 35.5 Å². The molecular formula is C20H20N2O2S. The third kappa shape index (κ3) is 3.51. The topological polar surface area (TPSA) is 46.3 Å². The smallest absolute Gasteiger partial charge is 0.223 e. The quantitative estimate of drug-likeness (QED) is 0.706. The number of carbonyl (C=O) groups is 1. The van der Waals surface area contributed by atoms with Crippen LogP contribution in [-0.2, 0) is 24.2 Å². The van der Waals surface area contributed by atoms with Gasteiger partial charge in [-0.3, -0.25) is 4.79 Å². The first-order chi connectivity index (χ1) is 12.2. The van der Waals surface area contributed by atoms with Crippen LogP contribution in [0.3, 0.4) is 0 Å². The first-order valence-electron chi connectivity index (χ1n) is 8.54. The Morgan fingerprint density at radius 3 is 2.96 bits per heavy atom. The van der Waals surface area contributed by atoms with Crippen molar-refractivity contribution in [2.75, 3.05) is 6.54 Å². The number of aromatic nitrogens is 1. The van der Waals surface area contributed by atoms with Crippen molar-refractivity contribution in [3.05, 3.63) is 63.8 Å². The van der Waals surface area contributed by atoms with Crippen molar-refractivity contribution < 1.29 is 9.21 Å². The molecule has 0 saturated carbocycles. The SMILES string of the molecule is Cc1ccc(-c2cnc(CCC(=O)N3CCc4sccc4C3)o2)cc1. The van der Waals surface area contributed by atoms with Crippen molar-refractivity contribution in [3.63, 3.8) is 0 Å². The zero-order chi connectivity index (χ0) is 17.2. The van der Waals surface area contributed by atoms with Crippen molar-refractivity contribution in [3.8, 4) is 11.3 Å². The number of thiophene rings is 1. The number of benzene rings is 1. The van der Waals surface area contributed by atoms with Crippen LogP contribution < -0.4 is 0 Å². The molecule has 4 rings (SSSR count). The number of amides is 1. The standard InChI is InChI=1S/C20H20N2O2S/c1-14-2-4-15(5-3-14)17-12-21-19(24-17)6-7-20(23)22-10-8-18-16(13-22)9-11-25-18/h2-5,9,11-12H,6-8,10,13H2,1H3. The van der Waals surface area contributed by atoms with E-state index in [1.807, 2.05) is 17.0 Å². The molecule has 1 aliphatic rings. The molecule has 0 saturated heterocycles. The van der Waals surface area contributed by atoms with E-state index < -0.39 is 0 Å². The van der Waals surface area contributed by atoms with E-state index in [0.29, 0.717) is 18.7 Å². The lowest BCUT2D eigenvalue weighted by molar-refractivity contribution is -0.132. The van der Waals surface area contributed by atoms with Crippen LogP contribution in [0.25, 0.3) is 11.3 Å². The summed E-state index contributed by atoms with van der Waals surface area (Å²) in [5, 5.41) is 2.11. The largest absolute Gasteiger partial charge is 0.441 e. The molecule has 3 aromatic rings. The molecule has 3 heterocycles. The highest BCUT2D eigenvalue weighted by atomic mass is 32.1. The third-order valence-electron chi connectivity index (χ3n) is 4.60. The van der Waals surface area contributed by atoms with Crippen molar-refractivity contribution >= 4 is 17.2 Å². The summed E-state index contributed by atoms with van der Waals surface area (Å²) in [5.41, 5.74) is 3.52. The maximum atomic E-state index is 12.5. The minimum absolute atomic E-state index is 0.173. The molecule has 0 fully saturated rings. The lowest BCUT2D eigenvalue weighted by Crippen LogP contribution is -2.35. The van der Waals surface area contributed by atoms with Gasteiger partial charge in [-0.15, -0.1) is 11.3 Å². The van der Waals surface area contributed by atoms with Gasteiger partial charge in [0.25, 0.3) is 0 Å². The van der Waals surface area contributed by atoms with Crippen molar-refractivity contribution in [2.45, 2.75) is 32.7 Å². The van der Waals surface area contributed by atoms with E-state index in [-0.39, 0.29) is 5.91 Å². The van der Waals surface area contributed by atoms with Gasteiger partial charge in [-0.05, 0) is 30.4 Å². The van der Waals surface area contributed by atoms with Crippen LogP contribution in [0.4, 0.5) is 0 Å². The van der Waals surface area contributed by atoms with Crippen LogP contribution in [0.15, 0.2) is 46.3 Å². The molecule has 0 atom stereocenters. The van der Waals surface area contributed by atoms with Crippen LogP contribution in [0.1, 0.15) is 28.3 Å². The van der Waals surface area contributed by atoms with Crippen LogP contribution >= 0.6 is 11.3 Å². The Bertz CT molecular complexity index is 879. The number of aryl methyl sites for hydroxylation is 2. The molecule has 0 aliphatic carbocycles. The Morgan fingerprint density at radius 2 is 2.12 bits per heavy atom. The highest BCUT2D eigenvalue weighted by Gasteiger charge is 2.21. The fourth-order valence-electron chi connectivity index (χ4n) is 3.11. The molecule has 128 valence electrons. The predicted molar refractivity (Wildman–Crippen MR) is 98.4 cm³/mol. The van der Waals surface area contributed by atoms with Gasteiger partial charge in [-0.1, -0.05) is 29.8 Å². The molecule has 5 heteroatoms. The number of nitrogens with zero attached hydrogens (tertiary/aromatic N) is 2. The predicted octanol–water partition coefficient (Wildman–Crippen LogP) is 4.23. The first-order valence-corrected chi connectivity index (χ1v) is 9.42. The average molecular weight is 352 g/mol. The Labute approximate surface area is 151 Å². The second kappa shape index (κ2) is 6.84. The molecule has 2 aromatic heterocycles. The molecule has 1 aromatic carbocycles. The van der Waals surface area contributed by atoms with Gasteiger partial charge >= 0.3 is 0 Å². The second-order valence-corrected chi connectivity index (χ2v) is 7.42. The Hall–Kier alpha value is -2.40. The number of hydrogen-bond acceptors (Lipinski definition) is 4. The van der Waals surface area contributed by atoms with Crippen molar-refractivity contribution in [2.24, 2.45) is 0 Å². The van der Waals surface area contributed by atoms with Crippen molar-refractivity contribution in [1.82, 2.24) is 9.88 Å². The number of rotatable bonds is 4. The summed E-state index contributed by atoms with van der Waals surface area (Å²) in [6, 6.07) is 10.3. The van der Waals surface area contributed by atoms with Gasteiger partial charge in [0.05, 0.1) is 6.20 Å². The minimum Gasteiger partial charge on any atom is -0.441 e. The van der Waals surface area contributed by atoms with Gasteiger partial charge in [0.15, 0.2) is 11.7 Å². The summed E-state index contributed by atoms with van der Waals surface area (Å²) in [7, 11) is 0. The van der Waals surface area contributed by atoms with Crippen LogP contribution in [0.5, 0.6) is 0 Å². The van der Waals surface area contributed by atoms with Crippen LogP contribution in [-0.4, -0.2) is 22.3 Å². The molecule has 0 bridgehead atoms. The second-order valence-electron chi connectivity index (χ2n) is 6.42. The van der Waals surface area contributed by atoms with Gasteiger partial charge < -0.3 is 9.32 Å². The molecule has 0 radical (unpaired) electrons. The van der Waals surface area contributed by atoms with Gasteiger partial charge in [0.1, 0.15) is 0 Å². The average Bonchev–Trinajstić information content (AvgIpc) is 3.29. The summed E-state index contributed by atoms with van der Waals surface area (Å²) in [5.74, 6) is 1.55. The van der Waals surface area contributed by atoms with Gasteiger partial charge in [0, 0.05) is 36.4 Å². The Morgan fingerprint density at radius 1 is 1.28 bits per heavy atom. The normalized spacial score (nSPS) is 13.7. The highest BCUT2D eigenvalue weighted by Crippen LogP contribution is 2.25. The zero-order valence-corrected chi connectivity index (χ0v) is 15.0. The molecular weight excluding hydrogens is 332 g/mol. The van der Waals surface area contributed by atoms with E-state index in [1.165, 1.54) is 16.0 Å². The summed E-state index contributed by atoms with van der Waals surface area (Å²) >= 11 is 1.79. The minimum atomic E-state index is 0.173. The number of carbonyl (C=O) groups excluding carboxylic acids is 1. The summed E-state index contributed by atoms with van der Waals surface area (Å²) < 4.78 is 5.81. The maximum absolute atomic E-state index is 12.5. The third-order valence-corrected chi connectivity index (χ3v) is 5.63. The Balaban J connectivity index is 1.36. The van der Waals surface area contributed by atoms with Gasteiger partial charge in [0.2, 0.25) is 5.91 Å². The summed E-state index contributed by atoms with van der Waals surface area (Å²) in [6.45, 7) is 3.60. The van der Waals surface area contributed by atoms with E-state index >= 15 is 0 Å². The fraction of sp³-hybridized carbons (Fsp3) is 0.300. The lowest BCUT2D eigenvalue weighted by atomic mass is 10.1. The van der Waals surface area contributed by atoms with E-state index in [1.54, 1.807) is 17.5 Å². The number of hydrogen-bond donors (Lipinski definition) is 0. The molecule has 25 heavy (non-hydrogen) atoms. The summed E-state index contributed by atoms with van der Waals surface area (Å²) in [6.07, 6.45) is 3.68. The van der Waals surface area contributed by atoms with E-state index in [9.17, 15) is 4.79 Å². The van der Waals surface area contributed by atoms with E-state index in [0.717, 1.165) is 30.8 Å². The monoisotopic (exact) mass is 352 g/mol. The Kier molecular flexibility index (Phi) is 4.40. The number of oxazole rings is 1. The molecule has 1 amide bonds. The molecule has 4 nitrogen and oxygen atoms in total.